The minimum Gasteiger partial charge on any atom is -0.483 e. The third-order valence-corrected chi connectivity index (χ3v) is 12.2. The monoisotopic (exact) mass is 952 g/mol. The van der Waals surface area contributed by atoms with E-state index in [0.717, 1.165) is 33.7 Å². The van der Waals surface area contributed by atoms with E-state index < -0.39 is 75.4 Å². The maximum Gasteiger partial charge on any atom is 0.419 e. The quantitative estimate of drug-likeness (QED) is 0.127. The van der Waals surface area contributed by atoms with Crippen LogP contribution in [0.3, 0.4) is 0 Å². The first kappa shape index (κ1) is 44.2. The number of likely N-dealkylation sites (N-methyl/N-ethyl adjacent to an activating group) is 1. The van der Waals surface area contributed by atoms with Crippen LogP contribution in [0.4, 0.5) is 27.2 Å². The van der Waals surface area contributed by atoms with Crippen molar-refractivity contribution >= 4 is 90.2 Å². The van der Waals surface area contributed by atoms with Gasteiger partial charge >= 0.3 is 12.1 Å². The van der Waals surface area contributed by atoms with Gasteiger partial charge in [0, 0.05) is 41.8 Å². The number of ether oxygens (including phenoxy) is 3. The number of fused-ring (bicyclic) bond motifs is 2. The highest BCUT2D eigenvalue weighted by Crippen LogP contribution is 2.36. The van der Waals surface area contributed by atoms with Gasteiger partial charge in [0.1, 0.15) is 51.7 Å². The summed E-state index contributed by atoms with van der Waals surface area (Å²) in [6.45, 7) is 1.01. The Kier molecular flexibility index (Phi) is 13.0. The molecule has 0 atom stereocenters. The number of nitrogens with one attached hydrogen (secondary N) is 2. The molecule has 21 heteroatoms. The highest BCUT2D eigenvalue weighted by atomic mass is 35.5. The van der Waals surface area contributed by atoms with Crippen LogP contribution < -0.4 is 24.8 Å². The number of hydrogen-bond donors (Lipinski definition) is 2. The van der Waals surface area contributed by atoms with Crippen molar-refractivity contribution in [1.82, 2.24) is 30.4 Å². The van der Waals surface area contributed by atoms with Gasteiger partial charge in [0.15, 0.2) is 23.1 Å². The van der Waals surface area contributed by atoms with Crippen LogP contribution in [0.25, 0.3) is 31.6 Å². The molecular formula is C43H30Cl2F4N6O7S2. The van der Waals surface area contributed by atoms with Crippen LogP contribution in [0.15, 0.2) is 78.9 Å². The number of piperazine rings is 1. The Labute approximate surface area is 378 Å². The molecule has 0 bridgehead atoms. The van der Waals surface area contributed by atoms with Gasteiger partial charge < -0.3 is 24.0 Å². The fourth-order valence-electron chi connectivity index (χ4n) is 6.54. The molecule has 328 valence electrons. The molecular weight excluding hydrogens is 924 g/mol. The molecule has 1 aliphatic heterocycles. The van der Waals surface area contributed by atoms with Crippen LogP contribution in [-0.2, 0) is 13.2 Å². The van der Waals surface area contributed by atoms with Crippen molar-refractivity contribution in [2.75, 3.05) is 33.2 Å². The summed E-state index contributed by atoms with van der Waals surface area (Å²) in [5.74, 6) is -9.81. The fourth-order valence-corrected chi connectivity index (χ4v) is 8.60. The number of aromatic nitrogens is 2. The number of hydrogen-bond acceptors (Lipinski definition) is 12. The maximum atomic E-state index is 16.4. The molecule has 1 fully saturated rings. The Balaban J connectivity index is 1.01. The summed E-state index contributed by atoms with van der Waals surface area (Å²) >= 11 is 14.6. The van der Waals surface area contributed by atoms with E-state index >= 15 is 13.2 Å². The summed E-state index contributed by atoms with van der Waals surface area (Å²) in [4.78, 5) is 64.6. The van der Waals surface area contributed by atoms with Gasteiger partial charge in [-0.2, -0.15) is 0 Å². The molecule has 5 aromatic carbocycles. The number of urea groups is 1. The van der Waals surface area contributed by atoms with Crippen molar-refractivity contribution in [2.24, 2.45) is 0 Å². The predicted octanol–water partition coefficient (Wildman–Crippen LogP) is 9.62. The number of nitrogens with zero attached hydrogens (tertiary/aromatic N) is 4. The molecule has 0 radical (unpaired) electrons. The summed E-state index contributed by atoms with van der Waals surface area (Å²) in [7, 11) is 1.86. The summed E-state index contributed by atoms with van der Waals surface area (Å²) < 4.78 is 81.0. The average molecular weight is 954 g/mol. The third-order valence-electron chi connectivity index (χ3n) is 9.75. The van der Waals surface area contributed by atoms with Gasteiger partial charge in [-0.3, -0.25) is 20.2 Å². The Morgan fingerprint density at radius 1 is 0.688 bits per heavy atom. The van der Waals surface area contributed by atoms with Gasteiger partial charge in [-0.15, -0.1) is 22.7 Å². The number of halogens is 6. The Morgan fingerprint density at radius 3 is 1.92 bits per heavy atom. The lowest BCUT2D eigenvalue weighted by Crippen LogP contribution is -2.51. The number of imide groups is 2. The van der Waals surface area contributed by atoms with E-state index in [1.165, 1.54) is 45.8 Å². The molecule has 8 rings (SSSR count). The molecule has 13 nitrogen and oxygen atoms in total. The highest BCUT2D eigenvalue weighted by molar-refractivity contribution is 7.18. The first-order valence-corrected chi connectivity index (χ1v) is 21.4. The third kappa shape index (κ3) is 9.73. The molecule has 2 aromatic heterocycles. The van der Waals surface area contributed by atoms with Gasteiger partial charge in [-0.1, -0.05) is 35.3 Å². The molecule has 0 unspecified atom stereocenters. The zero-order valence-corrected chi connectivity index (χ0v) is 36.1. The first-order chi connectivity index (χ1) is 30.7. The van der Waals surface area contributed by atoms with Crippen molar-refractivity contribution < 1.29 is 51.0 Å². The minimum absolute atomic E-state index is 0.0776. The second-order valence-corrected chi connectivity index (χ2v) is 17.2. The van der Waals surface area contributed by atoms with Crippen molar-refractivity contribution in [3.63, 3.8) is 0 Å². The molecule has 0 saturated carbocycles. The van der Waals surface area contributed by atoms with Crippen molar-refractivity contribution in [2.45, 2.75) is 13.2 Å². The summed E-state index contributed by atoms with van der Waals surface area (Å²) in [5, 5.41) is 5.55. The molecule has 3 heterocycles. The van der Waals surface area contributed by atoms with Crippen LogP contribution in [0.5, 0.6) is 17.2 Å². The van der Waals surface area contributed by atoms with Gasteiger partial charge in [-0.25, -0.2) is 37.1 Å². The Bertz CT molecular complexity index is 3000. The zero-order chi connectivity index (χ0) is 45.2. The molecule has 0 spiro atoms. The van der Waals surface area contributed by atoms with E-state index in [-0.39, 0.29) is 37.6 Å². The number of benzene rings is 5. The standard InChI is InChI=1S/C43H30Cl2F4N6O7S2/c1-54-11-13-55(14-12-54)42(58)52-41(57)36-37(47)25(18-30(39(36)49)61-20-34-51-28-17-23(45)6-10-32(28)64-34)21-3-2-4-24(15-21)62-43(59)53-40(56)35-26(46)7-8-29(38(35)48)60-19-33-50-27-16-22(44)5-9-31(27)63-33/h2-10,15-18H,11-14,19-20H2,1H3,(H,52,57,58)(H,53,56,59). The molecule has 5 amide bonds. The Hall–Kier alpha value is -6.38. The van der Waals surface area contributed by atoms with Gasteiger partial charge in [-0.05, 0) is 79.3 Å². The van der Waals surface area contributed by atoms with E-state index in [2.05, 4.69) is 15.3 Å². The van der Waals surface area contributed by atoms with E-state index in [1.54, 1.807) is 41.7 Å². The lowest BCUT2D eigenvalue weighted by molar-refractivity contribution is 0.0923. The SMILES string of the molecule is CN1CCN(C(=O)NC(=O)c2c(F)c(OCc3nc4cc(Cl)ccc4s3)cc(-c3cccc(OC(=O)NC(=O)c4c(F)ccc(OCc5nc6cc(Cl)ccc6s5)c4F)c3)c2F)CC1. The van der Waals surface area contributed by atoms with Gasteiger partial charge in [0.2, 0.25) is 0 Å². The van der Waals surface area contributed by atoms with Crippen molar-refractivity contribution in [1.29, 1.82) is 0 Å². The highest BCUT2D eigenvalue weighted by Gasteiger charge is 2.30. The van der Waals surface area contributed by atoms with Crippen molar-refractivity contribution in [3.05, 3.63) is 133 Å². The summed E-state index contributed by atoms with van der Waals surface area (Å²) in [5.41, 5.74) is -1.63. The van der Waals surface area contributed by atoms with E-state index in [4.69, 9.17) is 37.4 Å². The molecule has 1 aliphatic rings. The normalized spacial score (nSPS) is 13.0. The minimum atomic E-state index is -1.51. The lowest BCUT2D eigenvalue weighted by atomic mass is 10.00. The molecule has 7 aromatic rings. The van der Waals surface area contributed by atoms with E-state index in [9.17, 15) is 23.6 Å². The van der Waals surface area contributed by atoms with Crippen molar-refractivity contribution in [3.8, 4) is 28.4 Å². The second kappa shape index (κ2) is 18.8. The topological polar surface area (TPSA) is 152 Å². The number of amides is 5. The van der Waals surface area contributed by atoms with Gasteiger partial charge in [0.25, 0.3) is 11.8 Å². The lowest BCUT2D eigenvalue weighted by Gasteiger charge is -2.32. The zero-order valence-electron chi connectivity index (χ0n) is 33.0. The summed E-state index contributed by atoms with van der Waals surface area (Å²) in [6.07, 6.45) is -1.48. The van der Waals surface area contributed by atoms with Crippen LogP contribution >= 0.6 is 45.9 Å². The number of thiazole rings is 2. The molecule has 1 saturated heterocycles. The fraction of sp³-hybridized carbons (Fsp3) is 0.163. The predicted molar refractivity (Wildman–Crippen MR) is 231 cm³/mol. The average Bonchev–Trinajstić information content (AvgIpc) is 3.86. The number of carbonyl (C=O) groups is 4. The molecule has 0 aliphatic carbocycles. The van der Waals surface area contributed by atoms with Crippen LogP contribution in [0, 0.1) is 23.3 Å². The Morgan fingerprint density at radius 2 is 1.28 bits per heavy atom. The second-order valence-electron chi connectivity index (χ2n) is 14.1. The van der Waals surface area contributed by atoms with E-state index in [1.807, 2.05) is 11.9 Å². The van der Waals surface area contributed by atoms with E-state index in [0.29, 0.717) is 44.2 Å². The molecule has 2 N–H and O–H groups in total. The number of rotatable bonds is 10. The smallest absolute Gasteiger partial charge is 0.419 e. The van der Waals surface area contributed by atoms with Crippen LogP contribution in [0.2, 0.25) is 10.0 Å². The van der Waals surface area contributed by atoms with Crippen LogP contribution in [0.1, 0.15) is 30.7 Å². The first-order valence-electron chi connectivity index (χ1n) is 19.0. The van der Waals surface area contributed by atoms with Crippen LogP contribution in [-0.4, -0.2) is 76.9 Å². The largest absolute Gasteiger partial charge is 0.483 e. The van der Waals surface area contributed by atoms with Gasteiger partial charge in [0.05, 0.1) is 20.4 Å². The number of carbonyl (C=O) groups excluding carboxylic acids is 4. The maximum absolute atomic E-state index is 16.4. The molecule has 64 heavy (non-hydrogen) atoms. The summed E-state index contributed by atoms with van der Waals surface area (Å²) in [6, 6.07) is 17.0.